The summed E-state index contributed by atoms with van der Waals surface area (Å²) < 4.78 is 1.03. The Morgan fingerprint density at radius 3 is 2.74 bits per heavy atom. The fourth-order valence-corrected chi connectivity index (χ4v) is 3.77. The molecule has 3 rings (SSSR count). The third-order valence-electron chi connectivity index (χ3n) is 4.34. The second kappa shape index (κ2) is 6.36. The highest BCUT2D eigenvalue weighted by molar-refractivity contribution is 9.10. The van der Waals surface area contributed by atoms with Gasteiger partial charge in [-0.05, 0) is 61.7 Å². The summed E-state index contributed by atoms with van der Waals surface area (Å²) in [6.07, 6.45) is 0.886. The molecule has 1 amide bonds. The predicted octanol–water partition coefficient (Wildman–Crippen LogP) is 5.06. The first-order valence-electron chi connectivity index (χ1n) is 7.88. The molecular weight excluding hydrogens is 352 g/mol. The van der Waals surface area contributed by atoms with Crippen LogP contribution in [0, 0.1) is 6.92 Å². The average Bonchev–Trinajstić information content (AvgIpc) is 2.47. The number of halogens is 1. The molecule has 2 atom stereocenters. The minimum absolute atomic E-state index is 0.0927. The molecule has 3 nitrogen and oxygen atoms in total. The van der Waals surface area contributed by atoms with E-state index in [1.807, 2.05) is 17.0 Å². The molecular formula is C19H21BrN2O. The van der Waals surface area contributed by atoms with Crippen molar-refractivity contribution < 1.29 is 4.79 Å². The van der Waals surface area contributed by atoms with E-state index >= 15 is 0 Å². The average molecular weight is 373 g/mol. The summed E-state index contributed by atoms with van der Waals surface area (Å²) in [6.45, 7) is 5.84. The zero-order valence-corrected chi connectivity index (χ0v) is 15.2. The predicted molar refractivity (Wildman–Crippen MR) is 98.9 cm³/mol. The number of anilines is 2. The number of hydrogen-bond acceptors (Lipinski definition) is 2. The van der Waals surface area contributed by atoms with Gasteiger partial charge in [-0.25, -0.2) is 0 Å². The minimum atomic E-state index is 0.0927. The summed E-state index contributed by atoms with van der Waals surface area (Å²) in [5.41, 5.74) is 4.52. The molecule has 2 aromatic carbocycles. The Kier molecular flexibility index (Phi) is 4.44. The number of amides is 1. The van der Waals surface area contributed by atoms with Gasteiger partial charge in [0.15, 0.2) is 0 Å². The summed E-state index contributed by atoms with van der Waals surface area (Å²) >= 11 is 3.56. The molecule has 2 aromatic rings. The van der Waals surface area contributed by atoms with Crippen LogP contribution >= 0.6 is 15.9 Å². The van der Waals surface area contributed by atoms with Gasteiger partial charge in [0.25, 0.3) is 0 Å². The van der Waals surface area contributed by atoms with E-state index in [9.17, 15) is 4.79 Å². The van der Waals surface area contributed by atoms with Crippen molar-refractivity contribution in [2.24, 2.45) is 0 Å². The lowest BCUT2D eigenvalue weighted by molar-refractivity contribution is -0.117. The number of benzene rings is 2. The molecule has 1 aliphatic heterocycles. The Morgan fingerprint density at radius 1 is 1.26 bits per heavy atom. The first kappa shape index (κ1) is 16.1. The third-order valence-corrected chi connectivity index (χ3v) is 4.83. The summed E-state index contributed by atoms with van der Waals surface area (Å²) in [4.78, 5) is 14.0. The van der Waals surface area contributed by atoms with Crippen molar-refractivity contribution >= 4 is 33.2 Å². The quantitative estimate of drug-likeness (QED) is 0.799. The maximum absolute atomic E-state index is 12.1. The van der Waals surface area contributed by atoms with Gasteiger partial charge in [0, 0.05) is 28.8 Å². The van der Waals surface area contributed by atoms with Gasteiger partial charge in [0.1, 0.15) is 0 Å². The Morgan fingerprint density at radius 2 is 2.04 bits per heavy atom. The van der Waals surface area contributed by atoms with Gasteiger partial charge in [-0.2, -0.15) is 0 Å². The molecule has 1 heterocycles. The number of carbonyl (C=O) groups is 1. The summed E-state index contributed by atoms with van der Waals surface area (Å²) in [6, 6.07) is 14.9. The Balaban J connectivity index is 2.00. The molecule has 23 heavy (non-hydrogen) atoms. The lowest BCUT2D eigenvalue weighted by Gasteiger charge is -2.39. The number of fused-ring (bicyclic) bond motifs is 1. The molecule has 0 radical (unpaired) electrons. The molecule has 0 spiro atoms. The highest BCUT2D eigenvalue weighted by Crippen LogP contribution is 2.40. The van der Waals surface area contributed by atoms with Crippen LogP contribution in [0.1, 0.15) is 37.4 Å². The van der Waals surface area contributed by atoms with Crippen molar-refractivity contribution in [3.8, 4) is 0 Å². The third kappa shape index (κ3) is 3.27. The largest absolute Gasteiger partial charge is 0.378 e. The van der Waals surface area contributed by atoms with Crippen molar-refractivity contribution in [3.63, 3.8) is 0 Å². The highest BCUT2D eigenvalue weighted by atomic mass is 79.9. The molecule has 0 bridgehead atoms. The molecule has 2 unspecified atom stereocenters. The van der Waals surface area contributed by atoms with Crippen molar-refractivity contribution in [1.82, 2.24) is 0 Å². The van der Waals surface area contributed by atoms with Gasteiger partial charge in [0.05, 0.1) is 6.04 Å². The van der Waals surface area contributed by atoms with E-state index in [0.717, 1.165) is 27.8 Å². The maximum Gasteiger partial charge on any atom is 0.224 e. The first-order valence-corrected chi connectivity index (χ1v) is 8.67. The van der Waals surface area contributed by atoms with Gasteiger partial charge in [-0.15, -0.1) is 0 Å². The van der Waals surface area contributed by atoms with Crippen LogP contribution in [0.3, 0.4) is 0 Å². The lowest BCUT2D eigenvalue weighted by atomic mass is 9.91. The van der Waals surface area contributed by atoms with Crippen LogP contribution in [0.15, 0.2) is 46.9 Å². The summed E-state index contributed by atoms with van der Waals surface area (Å²) in [5, 5.41) is 3.64. The zero-order chi connectivity index (χ0) is 16.6. The molecule has 1 N–H and O–H groups in total. The molecule has 0 saturated heterocycles. The second-order valence-corrected chi connectivity index (χ2v) is 7.16. The fourth-order valence-electron chi connectivity index (χ4n) is 3.39. The number of hydrogen-bond donors (Lipinski definition) is 1. The summed E-state index contributed by atoms with van der Waals surface area (Å²) in [5.74, 6) is 0.0927. The molecule has 0 aliphatic carbocycles. The number of aryl methyl sites for hydroxylation is 1. The van der Waals surface area contributed by atoms with Crippen molar-refractivity contribution in [1.29, 1.82) is 0 Å². The topological polar surface area (TPSA) is 32.3 Å². The maximum atomic E-state index is 12.1. The van der Waals surface area contributed by atoms with Crippen LogP contribution in [0.25, 0.3) is 0 Å². The molecule has 1 aliphatic rings. The zero-order valence-electron chi connectivity index (χ0n) is 13.6. The van der Waals surface area contributed by atoms with Gasteiger partial charge < -0.3 is 10.2 Å². The van der Waals surface area contributed by atoms with Crippen molar-refractivity contribution in [2.75, 3.05) is 10.2 Å². The first-order chi connectivity index (χ1) is 11.0. The summed E-state index contributed by atoms with van der Waals surface area (Å²) in [7, 11) is 0. The van der Waals surface area contributed by atoms with Crippen molar-refractivity contribution in [3.05, 3.63) is 58.1 Å². The standard InChI is InChI=1S/C19H21BrN2O/c1-12-5-4-6-16(9-12)21-18-10-13(2)22(14(3)23)19-8-7-15(20)11-17(18)19/h4-9,11,13,18,21H,10H2,1-3H3. The van der Waals surface area contributed by atoms with E-state index in [1.165, 1.54) is 5.56 Å². The van der Waals surface area contributed by atoms with E-state index < -0.39 is 0 Å². The van der Waals surface area contributed by atoms with E-state index in [2.05, 4.69) is 65.4 Å². The molecule has 0 saturated carbocycles. The van der Waals surface area contributed by atoms with E-state index in [4.69, 9.17) is 0 Å². The number of nitrogens with one attached hydrogen (secondary N) is 1. The van der Waals surface area contributed by atoms with Gasteiger partial charge in [-0.3, -0.25) is 4.79 Å². The fraction of sp³-hybridized carbons (Fsp3) is 0.316. The molecule has 0 aromatic heterocycles. The molecule has 120 valence electrons. The number of carbonyl (C=O) groups excluding carboxylic acids is 1. The van der Waals surface area contributed by atoms with Crippen LogP contribution in [0.2, 0.25) is 0 Å². The van der Waals surface area contributed by atoms with Gasteiger partial charge in [-0.1, -0.05) is 28.1 Å². The normalized spacial score (nSPS) is 20.1. The monoisotopic (exact) mass is 372 g/mol. The lowest BCUT2D eigenvalue weighted by Crippen LogP contribution is -2.43. The SMILES string of the molecule is CC(=O)N1c2ccc(Br)cc2C(Nc2cccc(C)c2)CC1C. The Hall–Kier alpha value is -1.81. The Labute approximate surface area is 145 Å². The highest BCUT2D eigenvalue weighted by Gasteiger charge is 2.32. The number of nitrogens with zero attached hydrogens (tertiary/aromatic N) is 1. The molecule has 4 heteroatoms. The van der Waals surface area contributed by atoms with Crippen LogP contribution in [-0.4, -0.2) is 11.9 Å². The van der Waals surface area contributed by atoms with Crippen LogP contribution in [-0.2, 0) is 4.79 Å². The van der Waals surface area contributed by atoms with Gasteiger partial charge >= 0.3 is 0 Å². The minimum Gasteiger partial charge on any atom is -0.378 e. The van der Waals surface area contributed by atoms with E-state index in [-0.39, 0.29) is 18.0 Å². The van der Waals surface area contributed by atoms with Crippen LogP contribution in [0.4, 0.5) is 11.4 Å². The number of rotatable bonds is 2. The smallest absolute Gasteiger partial charge is 0.224 e. The van der Waals surface area contributed by atoms with E-state index in [1.54, 1.807) is 6.92 Å². The van der Waals surface area contributed by atoms with E-state index in [0.29, 0.717) is 0 Å². The van der Waals surface area contributed by atoms with Gasteiger partial charge in [0.2, 0.25) is 5.91 Å². The Bertz CT molecular complexity index is 744. The van der Waals surface area contributed by atoms with Crippen molar-refractivity contribution in [2.45, 2.75) is 39.3 Å². The van der Waals surface area contributed by atoms with Crippen LogP contribution < -0.4 is 10.2 Å². The second-order valence-electron chi connectivity index (χ2n) is 6.24. The molecule has 0 fully saturated rings. The van der Waals surface area contributed by atoms with Crippen LogP contribution in [0.5, 0.6) is 0 Å².